The predicted octanol–water partition coefficient (Wildman–Crippen LogP) is 1.07. The molecule has 1 aliphatic carbocycles. The first-order valence-corrected chi connectivity index (χ1v) is 6.01. The number of primary amides is 2. The van der Waals surface area contributed by atoms with Crippen molar-refractivity contribution in [2.24, 2.45) is 23.3 Å². The highest BCUT2D eigenvalue weighted by Crippen LogP contribution is 2.37. The van der Waals surface area contributed by atoms with E-state index in [-0.39, 0.29) is 11.7 Å². The maximum atomic E-state index is 12.9. The second-order valence-corrected chi connectivity index (χ2v) is 4.68. The van der Waals surface area contributed by atoms with Crippen molar-refractivity contribution in [2.75, 3.05) is 0 Å². The van der Waals surface area contributed by atoms with E-state index in [1.807, 2.05) is 12.2 Å². The van der Waals surface area contributed by atoms with Gasteiger partial charge >= 0.3 is 0 Å². The van der Waals surface area contributed by atoms with Crippen molar-refractivity contribution in [3.8, 4) is 0 Å². The quantitative estimate of drug-likeness (QED) is 0.798. The number of halogens is 1. The molecule has 100 valence electrons. The highest BCUT2D eigenvalue weighted by Gasteiger charge is 2.38. The van der Waals surface area contributed by atoms with Gasteiger partial charge in [0.1, 0.15) is 5.82 Å². The highest BCUT2D eigenvalue weighted by atomic mass is 19.1. The van der Waals surface area contributed by atoms with E-state index >= 15 is 0 Å². The third kappa shape index (κ3) is 2.65. The second-order valence-electron chi connectivity index (χ2n) is 4.68. The Labute approximate surface area is 110 Å². The second kappa shape index (κ2) is 5.22. The fraction of sp³-hybridized carbons (Fsp3) is 0.286. The van der Waals surface area contributed by atoms with Crippen LogP contribution in [0.25, 0.3) is 0 Å². The van der Waals surface area contributed by atoms with Crippen LogP contribution in [0.3, 0.4) is 0 Å². The lowest BCUT2D eigenvalue weighted by Crippen LogP contribution is -2.42. The zero-order valence-corrected chi connectivity index (χ0v) is 10.3. The van der Waals surface area contributed by atoms with Gasteiger partial charge in [0.2, 0.25) is 11.8 Å². The van der Waals surface area contributed by atoms with Crippen LogP contribution in [0.5, 0.6) is 0 Å². The molecule has 0 saturated carbocycles. The van der Waals surface area contributed by atoms with Crippen LogP contribution in [0, 0.1) is 17.7 Å². The molecule has 1 aromatic rings. The zero-order chi connectivity index (χ0) is 14.0. The first-order chi connectivity index (χ1) is 9.00. The van der Waals surface area contributed by atoms with Crippen molar-refractivity contribution in [2.45, 2.75) is 12.3 Å². The van der Waals surface area contributed by atoms with Crippen LogP contribution in [-0.4, -0.2) is 11.8 Å². The maximum Gasteiger partial charge on any atom is 0.222 e. The first kappa shape index (κ1) is 13.3. The van der Waals surface area contributed by atoms with E-state index in [2.05, 4.69) is 0 Å². The fourth-order valence-electron chi connectivity index (χ4n) is 2.56. The molecular weight excluding hydrogens is 247 g/mol. The Balaban J connectivity index is 2.39. The topological polar surface area (TPSA) is 86.2 Å². The summed E-state index contributed by atoms with van der Waals surface area (Å²) >= 11 is 0. The molecule has 0 aliphatic heterocycles. The van der Waals surface area contributed by atoms with Gasteiger partial charge in [-0.2, -0.15) is 0 Å². The normalized spacial score (nSPS) is 26.1. The Kier molecular flexibility index (Phi) is 3.64. The largest absolute Gasteiger partial charge is 0.369 e. The molecule has 4 nitrogen and oxygen atoms in total. The Morgan fingerprint density at radius 2 is 1.74 bits per heavy atom. The molecule has 0 radical (unpaired) electrons. The minimum Gasteiger partial charge on any atom is -0.369 e. The summed E-state index contributed by atoms with van der Waals surface area (Å²) in [5.74, 6) is -3.11. The number of hydrogen-bond donors (Lipinski definition) is 2. The Morgan fingerprint density at radius 1 is 1.11 bits per heavy atom. The summed E-state index contributed by atoms with van der Waals surface area (Å²) < 4.78 is 12.9. The van der Waals surface area contributed by atoms with Crippen molar-refractivity contribution < 1.29 is 14.0 Å². The molecule has 2 amide bonds. The van der Waals surface area contributed by atoms with Gasteiger partial charge in [0.25, 0.3) is 0 Å². The van der Waals surface area contributed by atoms with Gasteiger partial charge in [-0.3, -0.25) is 9.59 Å². The lowest BCUT2D eigenvalue weighted by Gasteiger charge is -2.31. The fourth-order valence-corrected chi connectivity index (χ4v) is 2.56. The van der Waals surface area contributed by atoms with Crippen molar-refractivity contribution in [3.63, 3.8) is 0 Å². The van der Waals surface area contributed by atoms with Crippen LogP contribution in [0.2, 0.25) is 0 Å². The lowest BCUT2D eigenvalue weighted by molar-refractivity contribution is -0.132. The van der Waals surface area contributed by atoms with Crippen molar-refractivity contribution in [1.29, 1.82) is 0 Å². The summed E-state index contributed by atoms with van der Waals surface area (Å²) in [6.07, 6.45) is 4.03. The Hall–Kier alpha value is -2.17. The van der Waals surface area contributed by atoms with E-state index in [0.29, 0.717) is 6.42 Å². The van der Waals surface area contributed by atoms with Crippen molar-refractivity contribution in [3.05, 3.63) is 47.8 Å². The van der Waals surface area contributed by atoms with Gasteiger partial charge in [-0.15, -0.1) is 0 Å². The van der Waals surface area contributed by atoms with E-state index in [0.717, 1.165) is 5.56 Å². The molecule has 0 aromatic heterocycles. The molecule has 19 heavy (non-hydrogen) atoms. The third-order valence-corrected chi connectivity index (χ3v) is 3.50. The zero-order valence-electron chi connectivity index (χ0n) is 10.3. The molecule has 4 N–H and O–H groups in total. The van der Waals surface area contributed by atoms with E-state index in [1.165, 1.54) is 12.1 Å². The van der Waals surface area contributed by atoms with Crippen LogP contribution in [0.1, 0.15) is 17.9 Å². The summed E-state index contributed by atoms with van der Waals surface area (Å²) in [5.41, 5.74) is 11.5. The smallest absolute Gasteiger partial charge is 0.222 e. The van der Waals surface area contributed by atoms with Crippen LogP contribution in [0.15, 0.2) is 36.4 Å². The number of benzene rings is 1. The molecule has 5 heteroatoms. The molecule has 3 atom stereocenters. The number of amides is 2. The summed E-state index contributed by atoms with van der Waals surface area (Å²) in [7, 11) is 0. The number of hydrogen-bond acceptors (Lipinski definition) is 2. The SMILES string of the molecule is NC(=O)[C@@H]1CC=CC(c2ccc(F)cc2)[C@@H]1C(N)=O. The van der Waals surface area contributed by atoms with Crippen LogP contribution in [-0.2, 0) is 9.59 Å². The van der Waals surface area contributed by atoms with Gasteiger partial charge < -0.3 is 11.5 Å². The van der Waals surface area contributed by atoms with Crippen molar-refractivity contribution in [1.82, 2.24) is 0 Å². The van der Waals surface area contributed by atoms with Gasteiger partial charge in [0.15, 0.2) is 0 Å². The molecule has 1 aliphatic rings. The average Bonchev–Trinajstić information content (AvgIpc) is 2.38. The molecule has 0 saturated heterocycles. The lowest BCUT2D eigenvalue weighted by atomic mass is 9.72. The van der Waals surface area contributed by atoms with Gasteiger partial charge in [-0.25, -0.2) is 4.39 Å². The number of allylic oxidation sites excluding steroid dienone is 2. The molecular formula is C14H15FN2O2. The van der Waals surface area contributed by atoms with E-state index < -0.39 is 23.7 Å². The van der Waals surface area contributed by atoms with Crippen molar-refractivity contribution >= 4 is 11.8 Å². The van der Waals surface area contributed by atoms with Gasteiger partial charge in [-0.05, 0) is 24.1 Å². The standard InChI is InChI=1S/C14H15FN2O2/c15-9-6-4-8(5-7-9)10-2-1-3-11(13(16)18)12(10)14(17)19/h1-2,4-7,10-12H,3H2,(H2,16,18)(H2,17,19)/t10?,11-,12+/m1/s1. The molecule has 0 fully saturated rings. The van der Waals surface area contributed by atoms with Gasteiger partial charge in [0.05, 0.1) is 11.8 Å². The first-order valence-electron chi connectivity index (χ1n) is 6.01. The summed E-state index contributed by atoms with van der Waals surface area (Å²) in [5, 5.41) is 0. The Bertz CT molecular complexity index is 525. The minimum absolute atomic E-state index is 0.343. The molecule has 0 heterocycles. The molecule has 1 aromatic carbocycles. The monoisotopic (exact) mass is 262 g/mol. The average molecular weight is 262 g/mol. The Morgan fingerprint density at radius 3 is 2.26 bits per heavy atom. The number of carbonyl (C=O) groups excluding carboxylic acids is 2. The van der Waals surface area contributed by atoms with E-state index in [4.69, 9.17) is 11.5 Å². The minimum atomic E-state index is -0.687. The summed E-state index contributed by atoms with van der Waals surface area (Å²) in [6, 6.07) is 5.80. The van der Waals surface area contributed by atoms with Crippen LogP contribution in [0.4, 0.5) is 4.39 Å². The van der Waals surface area contributed by atoms with Gasteiger partial charge in [-0.1, -0.05) is 24.3 Å². The predicted molar refractivity (Wildman–Crippen MR) is 68.3 cm³/mol. The van der Waals surface area contributed by atoms with Gasteiger partial charge in [0, 0.05) is 5.92 Å². The van der Waals surface area contributed by atoms with E-state index in [1.54, 1.807) is 12.1 Å². The summed E-state index contributed by atoms with van der Waals surface area (Å²) in [4.78, 5) is 23.0. The number of rotatable bonds is 3. The van der Waals surface area contributed by atoms with Crippen LogP contribution < -0.4 is 11.5 Å². The number of carbonyl (C=O) groups is 2. The van der Waals surface area contributed by atoms with Crippen LogP contribution >= 0.6 is 0 Å². The number of nitrogens with two attached hydrogens (primary N) is 2. The molecule has 1 unspecified atom stereocenters. The van der Waals surface area contributed by atoms with E-state index in [9.17, 15) is 14.0 Å². The molecule has 0 spiro atoms. The third-order valence-electron chi connectivity index (χ3n) is 3.50. The molecule has 0 bridgehead atoms. The molecule has 2 rings (SSSR count). The summed E-state index contributed by atoms with van der Waals surface area (Å²) in [6.45, 7) is 0. The maximum absolute atomic E-state index is 12.9. The highest BCUT2D eigenvalue weighted by molar-refractivity contribution is 5.87.